The molecule has 0 aromatic heterocycles. The van der Waals surface area contributed by atoms with Gasteiger partial charge >= 0.3 is 6.09 Å². The molecule has 1 saturated heterocycles. The number of rotatable bonds is 1. The summed E-state index contributed by atoms with van der Waals surface area (Å²) >= 11 is 0. The number of piperidine rings is 1. The highest BCUT2D eigenvalue weighted by atomic mass is 19.3. The van der Waals surface area contributed by atoms with E-state index in [2.05, 4.69) is 10.2 Å². The number of nitrogens with one attached hydrogen (secondary N) is 1. The van der Waals surface area contributed by atoms with E-state index in [0.717, 1.165) is 13.1 Å². The van der Waals surface area contributed by atoms with Crippen LogP contribution in [0.1, 0.15) is 46.5 Å². The molecule has 21 heavy (non-hydrogen) atoms. The standard InChI is InChI=1S/C15H26F2N2O2/c1-13(2,3)21-12(20)18-11-9-15(16,17)10-14(11)5-7-19(4)8-6-14/h11H,5-10H2,1-4H3,(H,18,20). The number of alkyl carbamates (subject to hydrolysis) is 1. The summed E-state index contributed by atoms with van der Waals surface area (Å²) in [6.45, 7) is 6.88. The highest BCUT2D eigenvalue weighted by molar-refractivity contribution is 5.68. The van der Waals surface area contributed by atoms with Crippen molar-refractivity contribution in [1.29, 1.82) is 0 Å². The van der Waals surface area contributed by atoms with Gasteiger partial charge < -0.3 is 15.0 Å². The minimum atomic E-state index is -2.70. The van der Waals surface area contributed by atoms with Crippen molar-refractivity contribution in [2.75, 3.05) is 20.1 Å². The number of hydrogen-bond donors (Lipinski definition) is 1. The van der Waals surface area contributed by atoms with Gasteiger partial charge in [0.25, 0.3) is 5.92 Å². The lowest BCUT2D eigenvalue weighted by Gasteiger charge is -2.41. The smallest absolute Gasteiger partial charge is 0.407 e. The van der Waals surface area contributed by atoms with Gasteiger partial charge in [0.1, 0.15) is 5.60 Å². The maximum Gasteiger partial charge on any atom is 0.407 e. The van der Waals surface area contributed by atoms with Gasteiger partial charge in [-0.25, -0.2) is 13.6 Å². The van der Waals surface area contributed by atoms with Gasteiger partial charge in [-0.3, -0.25) is 0 Å². The van der Waals surface area contributed by atoms with Crippen LogP contribution >= 0.6 is 0 Å². The number of hydrogen-bond acceptors (Lipinski definition) is 3. The Morgan fingerprint density at radius 2 is 1.86 bits per heavy atom. The number of nitrogens with zero attached hydrogens (tertiary/aromatic N) is 1. The predicted molar refractivity (Wildman–Crippen MR) is 76.5 cm³/mol. The van der Waals surface area contributed by atoms with Gasteiger partial charge in [0, 0.05) is 18.9 Å². The lowest BCUT2D eigenvalue weighted by Crippen LogP contribution is -2.50. The Kier molecular flexibility index (Phi) is 4.21. The summed E-state index contributed by atoms with van der Waals surface area (Å²) in [5, 5.41) is 2.71. The predicted octanol–water partition coefficient (Wildman–Crippen LogP) is 3.02. The summed E-state index contributed by atoms with van der Waals surface area (Å²) in [6.07, 6.45) is 0.382. The molecule has 1 N–H and O–H groups in total. The van der Waals surface area contributed by atoms with Gasteiger partial charge in [0.15, 0.2) is 0 Å². The molecule has 0 radical (unpaired) electrons. The van der Waals surface area contributed by atoms with E-state index in [4.69, 9.17) is 4.74 Å². The Bertz CT molecular complexity index is 399. The first-order valence-corrected chi connectivity index (χ1v) is 7.57. The molecule has 0 aromatic carbocycles. The van der Waals surface area contributed by atoms with E-state index in [0.29, 0.717) is 12.8 Å². The largest absolute Gasteiger partial charge is 0.444 e. The third-order valence-corrected chi connectivity index (χ3v) is 4.53. The van der Waals surface area contributed by atoms with Crippen LogP contribution in [-0.4, -0.2) is 48.7 Å². The fraction of sp³-hybridized carbons (Fsp3) is 0.933. The van der Waals surface area contributed by atoms with Gasteiger partial charge in [-0.1, -0.05) is 0 Å². The number of likely N-dealkylation sites (tertiary alicyclic amines) is 1. The van der Waals surface area contributed by atoms with Crippen molar-refractivity contribution in [3.63, 3.8) is 0 Å². The van der Waals surface area contributed by atoms with Gasteiger partial charge in [0.05, 0.1) is 0 Å². The summed E-state index contributed by atoms with van der Waals surface area (Å²) in [6, 6.07) is -0.504. The zero-order chi connectivity index (χ0) is 15.9. The molecule has 4 nitrogen and oxygen atoms in total. The first-order valence-electron chi connectivity index (χ1n) is 7.57. The topological polar surface area (TPSA) is 41.6 Å². The molecular weight excluding hydrogens is 278 g/mol. The van der Waals surface area contributed by atoms with Crippen molar-refractivity contribution in [3.05, 3.63) is 0 Å². The van der Waals surface area contributed by atoms with Crippen molar-refractivity contribution in [2.45, 2.75) is 64.0 Å². The SMILES string of the molecule is CN1CCC2(CC1)CC(F)(F)CC2NC(=O)OC(C)(C)C. The van der Waals surface area contributed by atoms with E-state index in [9.17, 15) is 13.6 Å². The Balaban J connectivity index is 2.07. The van der Waals surface area contributed by atoms with Crippen molar-refractivity contribution >= 4 is 6.09 Å². The molecule has 1 spiro atoms. The summed E-state index contributed by atoms with van der Waals surface area (Å²) in [5.74, 6) is -2.70. The molecule has 2 rings (SSSR count). The number of ether oxygens (including phenoxy) is 1. The van der Waals surface area contributed by atoms with Crippen LogP contribution in [0.15, 0.2) is 0 Å². The number of amides is 1. The summed E-state index contributed by atoms with van der Waals surface area (Å²) in [4.78, 5) is 14.1. The monoisotopic (exact) mass is 304 g/mol. The molecule has 1 heterocycles. The zero-order valence-electron chi connectivity index (χ0n) is 13.3. The van der Waals surface area contributed by atoms with Crippen molar-refractivity contribution in [2.24, 2.45) is 5.41 Å². The highest BCUT2D eigenvalue weighted by Crippen LogP contribution is 2.52. The van der Waals surface area contributed by atoms with Gasteiger partial charge in [0.2, 0.25) is 0 Å². The first-order chi connectivity index (χ1) is 9.51. The molecule has 1 saturated carbocycles. The van der Waals surface area contributed by atoms with Crippen molar-refractivity contribution in [1.82, 2.24) is 10.2 Å². The highest BCUT2D eigenvalue weighted by Gasteiger charge is 2.57. The minimum absolute atomic E-state index is 0.131. The van der Waals surface area contributed by atoms with Crippen LogP contribution in [0.2, 0.25) is 0 Å². The molecule has 2 aliphatic rings. The molecule has 1 unspecified atom stereocenters. The fourth-order valence-electron chi connectivity index (χ4n) is 3.47. The van der Waals surface area contributed by atoms with E-state index >= 15 is 0 Å². The lowest BCUT2D eigenvalue weighted by atomic mass is 9.74. The second-order valence-corrected chi connectivity index (χ2v) is 7.60. The van der Waals surface area contributed by atoms with Gasteiger partial charge in [-0.15, -0.1) is 0 Å². The molecule has 2 fully saturated rings. The van der Waals surface area contributed by atoms with Crippen LogP contribution in [0.5, 0.6) is 0 Å². The Hall–Kier alpha value is -0.910. The Labute approximate surface area is 125 Å². The maximum atomic E-state index is 13.9. The van der Waals surface area contributed by atoms with E-state index < -0.39 is 29.1 Å². The van der Waals surface area contributed by atoms with Crippen LogP contribution in [0, 0.1) is 5.41 Å². The number of carbonyl (C=O) groups excluding carboxylic acids is 1. The van der Waals surface area contributed by atoms with Crippen LogP contribution in [0.4, 0.5) is 13.6 Å². The lowest BCUT2D eigenvalue weighted by molar-refractivity contribution is -0.0122. The third kappa shape index (κ3) is 4.05. The normalized spacial score (nSPS) is 28.6. The minimum Gasteiger partial charge on any atom is -0.444 e. The van der Waals surface area contributed by atoms with Crippen molar-refractivity contribution in [3.8, 4) is 0 Å². The fourth-order valence-corrected chi connectivity index (χ4v) is 3.47. The van der Waals surface area contributed by atoms with E-state index in [1.54, 1.807) is 20.8 Å². The van der Waals surface area contributed by atoms with Gasteiger partial charge in [-0.2, -0.15) is 0 Å². The summed E-state index contributed by atoms with van der Waals surface area (Å²) in [5.41, 5.74) is -1.11. The molecule has 122 valence electrons. The third-order valence-electron chi connectivity index (χ3n) is 4.53. The van der Waals surface area contributed by atoms with Crippen LogP contribution in [-0.2, 0) is 4.74 Å². The zero-order valence-corrected chi connectivity index (χ0v) is 13.3. The summed E-state index contributed by atoms with van der Waals surface area (Å²) < 4.78 is 33.0. The number of halogens is 2. The van der Waals surface area contributed by atoms with Gasteiger partial charge in [-0.05, 0) is 59.2 Å². The average molecular weight is 304 g/mol. The second-order valence-electron chi connectivity index (χ2n) is 7.60. The Morgan fingerprint density at radius 1 is 1.29 bits per heavy atom. The van der Waals surface area contributed by atoms with Crippen LogP contribution in [0.25, 0.3) is 0 Å². The molecular formula is C15H26F2N2O2. The first kappa shape index (κ1) is 16.5. The van der Waals surface area contributed by atoms with E-state index in [1.807, 2.05) is 7.05 Å². The molecule has 1 atom stereocenters. The quantitative estimate of drug-likeness (QED) is 0.809. The summed E-state index contributed by atoms with van der Waals surface area (Å²) in [7, 11) is 2.00. The second kappa shape index (κ2) is 5.38. The number of alkyl halides is 2. The maximum absolute atomic E-state index is 13.9. The number of carbonyl (C=O) groups is 1. The molecule has 1 aliphatic heterocycles. The van der Waals surface area contributed by atoms with E-state index in [-0.39, 0.29) is 12.8 Å². The Morgan fingerprint density at radius 3 is 2.38 bits per heavy atom. The van der Waals surface area contributed by atoms with Crippen LogP contribution < -0.4 is 5.32 Å². The van der Waals surface area contributed by atoms with Crippen molar-refractivity contribution < 1.29 is 18.3 Å². The average Bonchev–Trinajstić information content (AvgIpc) is 2.52. The molecule has 1 aliphatic carbocycles. The molecule has 0 bridgehead atoms. The van der Waals surface area contributed by atoms with Crippen LogP contribution in [0.3, 0.4) is 0 Å². The molecule has 6 heteroatoms. The molecule has 1 amide bonds. The molecule has 0 aromatic rings. The van der Waals surface area contributed by atoms with E-state index in [1.165, 1.54) is 0 Å².